The molecule has 3 unspecified atom stereocenters. The molecule has 522 valence electrons. The number of carbonyl (C=O) groups excluding carboxylic acids is 3. The molecule has 103 heavy (non-hydrogen) atoms. The summed E-state index contributed by atoms with van der Waals surface area (Å²) in [6.07, 6.45) is 15.9. The Morgan fingerprint density at radius 1 is 0.466 bits per heavy atom. The number of rotatable bonds is 16. The minimum Gasteiger partial charge on any atom is -0.490 e. The van der Waals surface area contributed by atoms with Crippen molar-refractivity contribution in [3.05, 3.63) is 280 Å². The zero-order chi connectivity index (χ0) is 72.2. The number of carbonyl (C=O) groups is 3. The second-order valence-corrected chi connectivity index (χ2v) is 25.1. The molecule has 15 rings (SSSR count). The average molecular weight is 1410 g/mol. The van der Waals surface area contributed by atoms with Gasteiger partial charge in [0, 0.05) is 68.4 Å². The number of aryl methyl sites for hydroxylation is 1. The van der Waals surface area contributed by atoms with Crippen molar-refractivity contribution in [2.45, 2.75) is 51.2 Å². The maximum Gasteiger partial charge on any atom is 0.334 e. The summed E-state index contributed by atoms with van der Waals surface area (Å²) in [4.78, 5) is 94.7. The Labute approximate surface area is 593 Å². The van der Waals surface area contributed by atoms with E-state index in [1.807, 2.05) is 61.5 Å². The number of fused-ring (bicyclic) bond motifs is 3. The first-order valence-electron chi connectivity index (χ1n) is 33.1. The summed E-state index contributed by atoms with van der Waals surface area (Å²) in [6, 6.07) is 41.1. The Morgan fingerprint density at radius 3 is 1.20 bits per heavy atom. The zero-order valence-electron chi connectivity index (χ0n) is 56.4. The van der Waals surface area contributed by atoms with E-state index in [0.717, 1.165) is 22.1 Å². The molecule has 22 nitrogen and oxygen atoms in total. The van der Waals surface area contributed by atoms with Crippen molar-refractivity contribution >= 4 is 62.4 Å². The Kier molecular flexibility index (Phi) is 20.0. The molecule has 0 spiro atoms. The van der Waals surface area contributed by atoms with E-state index in [-0.39, 0.29) is 70.2 Å². The van der Waals surface area contributed by atoms with Gasteiger partial charge >= 0.3 is 17.1 Å². The van der Waals surface area contributed by atoms with Crippen molar-refractivity contribution in [3.8, 4) is 57.3 Å². The van der Waals surface area contributed by atoms with Gasteiger partial charge < -0.3 is 33.6 Å². The normalized spacial score (nSPS) is 15.5. The lowest BCUT2D eigenvalue weighted by molar-refractivity contribution is -0.125. The first kappa shape index (κ1) is 69.1. The summed E-state index contributed by atoms with van der Waals surface area (Å²) in [5.41, 5.74) is 7.05. The fraction of sp³-hybridized carbons (Fsp3) is 0.192. The summed E-state index contributed by atoms with van der Waals surface area (Å²) < 4.78 is 60.9. The van der Waals surface area contributed by atoms with Crippen LogP contribution in [-0.2, 0) is 14.4 Å². The number of nitrogens with zero attached hydrogens (tertiary/aromatic N) is 12. The molecular weight excluding hydrogens is 1340 g/mol. The number of para-hydroxylation sites is 1. The van der Waals surface area contributed by atoms with E-state index in [4.69, 9.17) is 30.5 Å². The van der Waals surface area contributed by atoms with Crippen LogP contribution >= 0.6 is 11.6 Å². The number of methoxy groups -OCH3 is 1. The quantitative estimate of drug-likeness (QED) is 0.0823. The Bertz CT molecular complexity index is 5230. The van der Waals surface area contributed by atoms with Crippen LogP contribution in [0.5, 0.6) is 40.2 Å². The van der Waals surface area contributed by atoms with Crippen LogP contribution < -0.4 is 36.0 Å². The topological polar surface area (TPSA) is 217 Å². The minimum absolute atomic E-state index is 0.0162. The van der Waals surface area contributed by atoms with Crippen LogP contribution in [0, 0.1) is 25.5 Å². The fourth-order valence-electron chi connectivity index (χ4n) is 13.4. The van der Waals surface area contributed by atoms with E-state index < -0.39 is 11.6 Å². The molecular formula is C78H69ClF2N12O10. The van der Waals surface area contributed by atoms with Gasteiger partial charge in [-0.3, -0.25) is 56.7 Å². The fourth-order valence-corrected chi connectivity index (χ4v) is 13.6. The van der Waals surface area contributed by atoms with Crippen molar-refractivity contribution < 1.29 is 42.1 Å². The first-order chi connectivity index (χ1) is 50.0. The van der Waals surface area contributed by atoms with Crippen molar-refractivity contribution in [2.24, 2.45) is 0 Å². The smallest absolute Gasteiger partial charge is 0.334 e. The van der Waals surface area contributed by atoms with Crippen LogP contribution in [-0.4, -0.2) is 121 Å². The monoisotopic (exact) mass is 1410 g/mol. The van der Waals surface area contributed by atoms with Gasteiger partial charge in [-0.25, -0.2) is 23.2 Å². The van der Waals surface area contributed by atoms with E-state index in [2.05, 4.69) is 34.7 Å². The number of hydrogen-bond acceptors (Lipinski definition) is 13. The maximum absolute atomic E-state index is 14.3. The molecule has 3 fully saturated rings. The van der Waals surface area contributed by atoms with Crippen molar-refractivity contribution in [3.63, 3.8) is 0 Å². The van der Waals surface area contributed by atoms with E-state index in [9.17, 15) is 37.5 Å². The standard InChI is InChI=1S/C26H23ClN4O3.C26H23FN4O4.C26H23FN4O3/c1-3-25(32)29-14-12-19(16-29)31-22-11-13-28-15-23(22)30(26(31)33)18-7-9-20(10-8-18)34-24-6-4-5-21(27)17(24)2;1-3-24(32)29-14-12-18(16-29)31-21-11-13-28-15-22(21)30(26(31)33)17-7-9-19(10-8-17)35-23-6-4-5-20(27)25(23)34-2;1-3-24(32)29-14-12-19(16-29)31-21-11-13-28-15-22(21)30(26(31)33)18-7-9-20(10-8-18)34-23-6-4-5-17(2)25(23)27/h3-11,13,15,19H,1,12,14,16H2,2H3;3-11,13,15,18H,1,12,14,16H2,2H3;3-11,13,15,19H,1,12,14,16H2,2H3. The van der Waals surface area contributed by atoms with Crippen molar-refractivity contribution in [2.75, 3.05) is 46.4 Å². The van der Waals surface area contributed by atoms with Gasteiger partial charge in [-0.1, -0.05) is 55.6 Å². The predicted octanol–water partition coefficient (Wildman–Crippen LogP) is 13.4. The number of benzene rings is 6. The van der Waals surface area contributed by atoms with Gasteiger partial charge in [0.1, 0.15) is 23.0 Å². The number of hydrogen-bond donors (Lipinski definition) is 0. The molecule has 6 aromatic carbocycles. The number of amides is 3. The molecule has 9 heterocycles. The number of ether oxygens (including phenoxy) is 4. The molecule has 3 atom stereocenters. The van der Waals surface area contributed by atoms with Crippen molar-refractivity contribution in [1.29, 1.82) is 0 Å². The molecule has 0 saturated carbocycles. The average Bonchev–Trinajstić information content (AvgIpc) is 1.61. The van der Waals surface area contributed by atoms with Gasteiger partial charge in [-0.2, -0.15) is 0 Å². The summed E-state index contributed by atoms with van der Waals surface area (Å²) in [5, 5.41) is 0.640. The molecule has 0 radical (unpaired) electrons. The van der Waals surface area contributed by atoms with Crippen LogP contribution in [0.25, 0.3) is 50.2 Å². The molecule has 3 saturated heterocycles. The number of halogens is 3. The number of aromatic nitrogens is 9. The van der Waals surface area contributed by atoms with Crippen molar-refractivity contribution in [1.82, 2.24) is 57.1 Å². The molecule has 6 aromatic heterocycles. The lowest BCUT2D eigenvalue weighted by Crippen LogP contribution is -2.31. The summed E-state index contributed by atoms with van der Waals surface area (Å²) in [7, 11) is 1.38. The Hall–Kier alpha value is -12.4. The predicted molar refractivity (Wildman–Crippen MR) is 388 cm³/mol. The van der Waals surface area contributed by atoms with Gasteiger partial charge in [0.15, 0.2) is 28.9 Å². The maximum atomic E-state index is 14.3. The van der Waals surface area contributed by atoms with E-state index in [1.54, 1.807) is 165 Å². The highest BCUT2D eigenvalue weighted by Crippen LogP contribution is 2.37. The van der Waals surface area contributed by atoms with Gasteiger partial charge in [0.05, 0.1) is 94.0 Å². The third-order valence-corrected chi connectivity index (χ3v) is 19.0. The lowest BCUT2D eigenvalue weighted by Gasteiger charge is -2.15. The van der Waals surface area contributed by atoms with Gasteiger partial charge in [0.25, 0.3) is 0 Å². The molecule has 0 aliphatic carbocycles. The number of likely N-dealkylation sites (tertiary alicyclic amines) is 3. The highest BCUT2D eigenvalue weighted by Gasteiger charge is 2.33. The van der Waals surface area contributed by atoms with Crippen LogP contribution in [0.1, 0.15) is 48.5 Å². The van der Waals surface area contributed by atoms with Gasteiger partial charge in [-0.15, -0.1) is 0 Å². The SMILES string of the molecule is C=CC(=O)N1CCC(n2c(=O)n(-c3ccc(Oc4cccc(C)c4F)cc3)c3cnccc32)C1.C=CC(=O)N1CCC(n2c(=O)n(-c3ccc(Oc4cccc(Cl)c4C)cc3)c3cnccc32)C1.C=CC(=O)N1CCC(n2c(=O)n(-c3ccc(Oc4cccc(F)c4OC)cc3)c3cnccc32)C1. The number of pyridine rings is 3. The number of imidazole rings is 3. The second-order valence-electron chi connectivity index (χ2n) is 24.7. The van der Waals surface area contributed by atoms with Crippen LogP contribution in [0.3, 0.4) is 0 Å². The van der Waals surface area contributed by atoms with Gasteiger partial charge in [-0.05, 0) is 178 Å². The highest BCUT2D eigenvalue weighted by atomic mass is 35.5. The van der Waals surface area contributed by atoms with Crippen LogP contribution in [0.2, 0.25) is 5.02 Å². The lowest BCUT2D eigenvalue weighted by atomic mass is 10.2. The van der Waals surface area contributed by atoms with E-state index >= 15 is 0 Å². The third-order valence-electron chi connectivity index (χ3n) is 18.5. The van der Waals surface area contributed by atoms with Crippen LogP contribution in [0.15, 0.2) is 235 Å². The Balaban J connectivity index is 0.000000138. The summed E-state index contributed by atoms with van der Waals surface area (Å²) in [5.74, 6) is 1.32. The Morgan fingerprint density at radius 2 is 0.816 bits per heavy atom. The van der Waals surface area contributed by atoms with Gasteiger partial charge in [0.2, 0.25) is 17.7 Å². The second kappa shape index (κ2) is 29.8. The zero-order valence-corrected chi connectivity index (χ0v) is 57.1. The molecule has 25 heteroatoms. The first-order valence-corrected chi connectivity index (χ1v) is 33.5. The molecule has 0 N–H and O–H groups in total. The third kappa shape index (κ3) is 13.7. The largest absolute Gasteiger partial charge is 0.490 e. The summed E-state index contributed by atoms with van der Waals surface area (Å²) in [6.45, 7) is 17.3. The van der Waals surface area contributed by atoms with E-state index in [1.165, 1.54) is 37.5 Å². The highest BCUT2D eigenvalue weighted by molar-refractivity contribution is 6.31. The molecule has 3 aliphatic rings. The summed E-state index contributed by atoms with van der Waals surface area (Å²) >= 11 is 6.20. The minimum atomic E-state index is -0.520. The molecule has 3 amide bonds. The van der Waals surface area contributed by atoms with E-state index in [0.29, 0.717) is 126 Å². The molecule has 3 aliphatic heterocycles. The molecule has 0 bridgehead atoms. The molecule has 12 aromatic rings. The van der Waals surface area contributed by atoms with Crippen LogP contribution in [0.4, 0.5) is 8.78 Å².